The van der Waals surface area contributed by atoms with Gasteiger partial charge in [0.15, 0.2) is 10.5 Å². The van der Waals surface area contributed by atoms with Crippen LogP contribution in [0.3, 0.4) is 0 Å². The molecule has 0 fully saturated rings. The smallest absolute Gasteiger partial charge is 0.188 e. The highest BCUT2D eigenvalue weighted by molar-refractivity contribution is 7.98. The molecule has 2 nitrogen and oxygen atoms in total. The first-order valence-electron chi connectivity index (χ1n) is 2.88. The van der Waals surface area contributed by atoms with E-state index < -0.39 is 0 Å². The van der Waals surface area contributed by atoms with Crippen molar-refractivity contribution in [2.75, 3.05) is 6.26 Å². The van der Waals surface area contributed by atoms with Crippen LogP contribution >= 0.6 is 11.8 Å². The fourth-order valence-electron chi connectivity index (χ4n) is 0.673. The van der Waals surface area contributed by atoms with Crippen molar-refractivity contribution in [1.82, 2.24) is 0 Å². The molecule has 0 atom stereocenters. The molecular formula is C7H8O2S. The van der Waals surface area contributed by atoms with E-state index >= 15 is 0 Å². The van der Waals surface area contributed by atoms with Crippen LogP contribution in [0.15, 0.2) is 26.6 Å². The minimum atomic E-state index is 0.0376. The highest BCUT2D eigenvalue weighted by atomic mass is 32.2. The molecule has 0 amide bonds. The van der Waals surface area contributed by atoms with Crippen LogP contribution in [0.2, 0.25) is 0 Å². The third-order valence-corrected chi connectivity index (χ3v) is 2.03. The summed E-state index contributed by atoms with van der Waals surface area (Å²) in [6, 6.07) is 1.43. The minimum Gasteiger partial charge on any atom is -0.458 e. The summed E-state index contributed by atoms with van der Waals surface area (Å²) in [5.74, 6) is 0. The van der Waals surface area contributed by atoms with Crippen molar-refractivity contribution in [1.29, 1.82) is 0 Å². The minimum absolute atomic E-state index is 0.0376. The molecule has 54 valence electrons. The van der Waals surface area contributed by atoms with Gasteiger partial charge < -0.3 is 4.42 Å². The van der Waals surface area contributed by atoms with E-state index in [1.165, 1.54) is 24.1 Å². The summed E-state index contributed by atoms with van der Waals surface area (Å²) in [7, 11) is 0. The van der Waals surface area contributed by atoms with Crippen LogP contribution in [0.4, 0.5) is 0 Å². The number of thioether (sulfide) groups is 1. The quantitative estimate of drug-likeness (QED) is 0.579. The summed E-state index contributed by atoms with van der Waals surface area (Å²) >= 11 is 1.44. The third-order valence-electron chi connectivity index (χ3n) is 1.26. The Bertz CT molecular complexity index is 277. The van der Waals surface area contributed by atoms with Crippen LogP contribution in [0.1, 0.15) is 5.56 Å². The normalized spacial score (nSPS) is 9.80. The topological polar surface area (TPSA) is 30.2 Å². The zero-order chi connectivity index (χ0) is 7.56. The molecule has 1 rings (SSSR count). The van der Waals surface area contributed by atoms with Gasteiger partial charge in [0.1, 0.15) is 0 Å². The Hall–Kier alpha value is -0.700. The van der Waals surface area contributed by atoms with Gasteiger partial charge in [-0.3, -0.25) is 4.79 Å². The molecule has 0 unspecified atom stereocenters. The molecule has 0 aromatic carbocycles. The van der Waals surface area contributed by atoms with Crippen LogP contribution < -0.4 is 5.43 Å². The first-order chi connectivity index (χ1) is 4.75. The molecule has 0 saturated carbocycles. The molecule has 0 saturated heterocycles. The van der Waals surface area contributed by atoms with E-state index in [2.05, 4.69) is 0 Å². The van der Waals surface area contributed by atoms with Crippen molar-refractivity contribution in [2.24, 2.45) is 0 Å². The number of hydrogen-bond acceptors (Lipinski definition) is 3. The molecule has 10 heavy (non-hydrogen) atoms. The summed E-state index contributed by atoms with van der Waals surface area (Å²) in [6.07, 6.45) is 3.30. The maximum Gasteiger partial charge on any atom is 0.188 e. The lowest BCUT2D eigenvalue weighted by atomic mass is 10.3. The molecule has 1 aromatic rings. The fraction of sp³-hybridized carbons (Fsp3) is 0.286. The predicted octanol–water partition coefficient (Wildman–Crippen LogP) is 1.67. The predicted molar refractivity (Wildman–Crippen MR) is 41.5 cm³/mol. The maximum absolute atomic E-state index is 10.9. The summed E-state index contributed by atoms with van der Waals surface area (Å²) in [5, 5.41) is 0.701. The zero-order valence-electron chi connectivity index (χ0n) is 5.88. The first kappa shape index (κ1) is 7.41. The second-order valence-electron chi connectivity index (χ2n) is 1.90. The van der Waals surface area contributed by atoms with Crippen molar-refractivity contribution in [3.8, 4) is 0 Å². The van der Waals surface area contributed by atoms with E-state index in [4.69, 9.17) is 4.42 Å². The first-order valence-corrected chi connectivity index (χ1v) is 4.10. The molecule has 1 heterocycles. The van der Waals surface area contributed by atoms with Crippen LogP contribution in [0, 0.1) is 6.92 Å². The van der Waals surface area contributed by atoms with Crippen molar-refractivity contribution < 1.29 is 4.42 Å². The Morgan fingerprint density at radius 3 is 2.80 bits per heavy atom. The molecule has 0 radical (unpaired) electrons. The van der Waals surface area contributed by atoms with Gasteiger partial charge >= 0.3 is 0 Å². The van der Waals surface area contributed by atoms with E-state index in [-0.39, 0.29) is 5.43 Å². The molecule has 1 aromatic heterocycles. The molecule has 0 bridgehead atoms. The lowest BCUT2D eigenvalue weighted by Crippen LogP contribution is -2.02. The summed E-state index contributed by atoms with van der Waals surface area (Å²) in [6.45, 7) is 1.76. The zero-order valence-corrected chi connectivity index (χ0v) is 6.70. The summed E-state index contributed by atoms with van der Waals surface area (Å²) < 4.78 is 5.05. The SMILES string of the molecule is CSc1occc(=O)c1C. The average Bonchev–Trinajstić information content (AvgIpc) is 1.95. The van der Waals surface area contributed by atoms with E-state index in [9.17, 15) is 4.79 Å². The highest BCUT2D eigenvalue weighted by Crippen LogP contribution is 2.14. The number of rotatable bonds is 1. The molecule has 3 heteroatoms. The summed E-state index contributed by atoms with van der Waals surface area (Å²) in [4.78, 5) is 10.9. The highest BCUT2D eigenvalue weighted by Gasteiger charge is 2.00. The van der Waals surface area contributed by atoms with Gasteiger partial charge in [0.25, 0.3) is 0 Å². The number of hydrogen-bond donors (Lipinski definition) is 0. The maximum atomic E-state index is 10.9. The fourth-order valence-corrected chi connectivity index (χ4v) is 1.23. The Labute approximate surface area is 63.3 Å². The van der Waals surface area contributed by atoms with Crippen molar-refractivity contribution in [3.05, 3.63) is 28.1 Å². The van der Waals surface area contributed by atoms with Gasteiger partial charge in [-0.1, -0.05) is 11.8 Å². The van der Waals surface area contributed by atoms with E-state index in [0.717, 1.165) is 0 Å². The van der Waals surface area contributed by atoms with Gasteiger partial charge in [0.2, 0.25) is 0 Å². The molecule has 0 spiro atoms. The molecule has 0 N–H and O–H groups in total. The lowest BCUT2D eigenvalue weighted by molar-refractivity contribution is 0.447. The Kier molecular flexibility index (Phi) is 2.17. The van der Waals surface area contributed by atoms with Crippen LogP contribution in [-0.2, 0) is 0 Å². The van der Waals surface area contributed by atoms with Gasteiger partial charge in [-0.2, -0.15) is 0 Å². The van der Waals surface area contributed by atoms with Crippen LogP contribution in [0.5, 0.6) is 0 Å². The Morgan fingerprint density at radius 1 is 1.60 bits per heavy atom. The van der Waals surface area contributed by atoms with Crippen LogP contribution in [0.25, 0.3) is 0 Å². The third kappa shape index (κ3) is 1.24. The molecule has 0 aliphatic rings. The van der Waals surface area contributed by atoms with Crippen molar-refractivity contribution in [2.45, 2.75) is 12.0 Å². The van der Waals surface area contributed by atoms with Gasteiger partial charge in [0, 0.05) is 11.6 Å². The lowest BCUT2D eigenvalue weighted by Gasteiger charge is -1.96. The Morgan fingerprint density at radius 2 is 2.30 bits per heavy atom. The van der Waals surface area contributed by atoms with E-state index in [0.29, 0.717) is 10.7 Å². The average molecular weight is 156 g/mol. The van der Waals surface area contributed by atoms with Gasteiger partial charge in [-0.15, -0.1) is 0 Å². The van der Waals surface area contributed by atoms with E-state index in [1.54, 1.807) is 6.92 Å². The molecule has 0 aliphatic carbocycles. The van der Waals surface area contributed by atoms with Gasteiger partial charge in [0.05, 0.1) is 6.26 Å². The monoisotopic (exact) mass is 156 g/mol. The molecule has 0 aliphatic heterocycles. The van der Waals surface area contributed by atoms with Crippen molar-refractivity contribution >= 4 is 11.8 Å². The van der Waals surface area contributed by atoms with Crippen molar-refractivity contribution in [3.63, 3.8) is 0 Å². The molecular weight excluding hydrogens is 148 g/mol. The van der Waals surface area contributed by atoms with E-state index in [1.807, 2.05) is 6.26 Å². The van der Waals surface area contributed by atoms with Gasteiger partial charge in [-0.05, 0) is 13.2 Å². The Balaban J connectivity index is 3.28. The summed E-state index contributed by atoms with van der Waals surface area (Å²) in [5.41, 5.74) is 0.727. The van der Waals surface area contributed by atoms with Gasteiger partial charge in [-0.25, -0.2) is 0 Å². The largest absolute Gasteiger partial charge is 0.458 e. The second kappa shape index (κ2) is 2.92. The second-order valence-corrected chi connectivity index (χ2v) is 2.68. The van der Waals surface area contributed by atoms with Crippen LogP contribution in [-0.4, -0.2) is 6.26 Å². The standard InChI is InChI=1S/C7H8O2S/c1-5-6(8)3-4-9-7(5)10-2/h3-4H,1-2H3.